The van der Waals surface area contributed by atoms with E-state index < -0.39 is 0 Å². The normalized spacial score (nSPS) is 22.5. The van der Waals surface area contributed by atoms with Crippen molar-refractivity contribution >= 4 is 11.8 Å². The van der Waals surface area contributed by atoms with Crippen molar-refractivity contribution in [3.63, 3.8) is 0 Å². The van der Waals surface area contributed by atoms with Crippen LogP contribution in [0.1, 0.15) is 48.5 Å². The van der Waals surface area contributed by atoms with E-state index in [0.29, 0.717) is 31.2 Å². The van der Waals surface area contributed by atoms with Gasteiger partial charge in [-0.2, -0.15) is 0 Å². The average Bonchev–Trinajstić information content (AvgIpc) is 3.22. The molecule has 0 spiro atoms. The highest BCUT2D eigenvalue weighted by Crippen LogP contribution is 2.23. The molecule has 0 saturated carbocycles. The molecule has 2 saturated heterocycles. The van der Waals surface area contributed by atoms with Gasteiger partial charge < -0.3 is 20.3 Å². The Hall–Kier alpha value is -2.08. The van der Waals surface area contributed by atoms with Gasteiger partial charge in [0.2, 0.25) is 5.91 Å². The van der Waals surface area contributed by atoms with Crippen LogP contribution < -0.4 is 15.4 Å². The number of amides is 2. The molecule has 2 N–H and O–H groups in total. The molecule has 2 atom stereocenters. The summed E-state index contributed by atoms with van der Waals surface area (Å²) in [5.74, 6) is 1.22. The molecule has 0 radical (unpaired) electrons. The topological polar surface area (TPSA) is 70.7 Å². The monoisotopic (exact) mass is 373 g/mol. The molecule has 2 heterocycles. The van der Waals surface area contributed by atoms with Gasteiger partial charge in [0, 0.05) is 25.2 Å². The SMILES string of the molecule is CCOc1cc(C(=O)N2CCCC(CNC(=O)C3CCCN3)C2)ccc1C. The zero-order valence-electron chi connectivity index (χ0n) is 16.4. The maximum absolute atomic E-state index is 12.9. The smallest absolute Gasteiger partial charge is 0.253 e. The number of nitrogens with one attached hydrogen (secondary N) is 2. The highest BCUT2D eigenvalue weighted by atomic mass is 16.5. The minimum absolute atomic E-state index is 0.0455. The second-order valence-electron chi connectivity index (χ2n) is 7.57. The van der Waals surface area contributed by atoms with Gasteiger partial charge in [0.05, 0.1) is 12.6 Å². The van der Waals surface area contributed by atoms with Gasteiger partial charge in [0.1, 0.15) is 5.75 Å². The molecule has 2 fully saturated rings. The van der Waals surface area contributed by atoms with E-state index in [4.69, 9.17) is 4.74 Å². The first kappa shape index (κ1) is 19.7. The van der Waals surface area contributed by atoms with Crippen LogP contribution in [-0.2, 0) is 4.79 Å². The maximum Gasteiger partial charge on any atom is 0.253 e. The van der Waals surface area contributed by atoms with Crippen LogP contribution >= 0.6 is 0 Å². The number of likely N-dealkylation sites (tertiary alicyclic amines) is 1. The number of hydrogen-bond acceptors (Lipinski definition) is 4. The predicted molar refractivity (Wildman–Crippen MR) is 105 cm³/mol. The molecule has 27 heavy (non-hydrogen) atoms. The maximum atomic E-state index is 12.9. The summed E-state index contributed by atoms with van der Waals surface area (Å²) in [6.07, 6.45) is 3.99. The van der Waals surface area contributed by atoms with Gasteiger partial charge in [-0.1, -0.05) is 6.07 Å². The van der Waals surface area contributed by atoms with Crippen molar-refractivity contribution in [2.75, 3.05) is 32.8 Å². The summed E-state index contributed by atoms with van der Waals surface area (Å²) >= 11 is 0. The van der Waals surface area contributed by atoms with Crippen LogP contribution in [0.3, 0.4) is 0 Å². The molecular weight excluding hydrogens is 342 g/mol. The van der Waals surface area contributed by atoms with Crippen molar-refractivity contribution in [2.45, 2.75) is 45.6 Å². The van der Waals surface area contributed by atoms with Crippen molar-refractivity contribution in [3.8, 4) is 5.75 Å². The third-order valence-electron chi connectivity index (χ3n) is 5.48. The number of ether oxygens (including phenoxy) is 1. The molecular formula is C21H31N3O3. The molecule has 1 aromatic rings. The van der Waals surface area contributed by atoms with E-state index in [9.17, 15) is 9.59 Å². The van der Waals surface area contributed by atoms with Crippen LogP contribution in [0.15, 0.2) is 18.2 Å². The van der Waals surface area contributed by atoms with Gasteiger partial charge in [-0.25, -0.2) is 0 Å². The van der Waals surface area contributed by atoms with E-state index >= 15 is 0 Å². The third kappa shape index (κ3) is 5.01. The number of benzene rings is 1. The van der Waals surface area contributed by atoms with E-state index in [-0.39, 0.29) is 17.9 Å². The standard InChI is InChI=1S/C21H31N3O3/c1-3-27-19-12-17(9-8-15(19)2)21(26)24-11-5-6-16(14-24)13-23-20(25)18-7-4-10-22-18/h8-9,12,16,18,22H,3-7,10-11,13-14H2,1-2H3,(H,23,25). The van der Waals surface area contributed by atoms with Crippen molar-refractivity contribution in [2.24, 2.45) is 5.92 Å². The first-order valence-electron chi connectivity index (χ1n) is 10.1. The van der Waals surface area contributed by atoms with Crippen LogP contribution in [-0.4, -0.2) is 55.5 Å². The molecule has 6 nitrogen and oxygen atoms in total. The Labute approximate surface area is 161 Å². The lowest BCUT2D eigenvalue weighted by molar-refractivity contribution is -0.123. The van der Waals surface area contributed by atoms with Crippen molar-refractivity contribution in [3.05, 3.63) is 29.3 Å². The molecule has 0 aliphatic carbocycles. The summed E-state index contributed by atoms with van der Waals surface area (Å²) in [5.41, 5.74) is 1.71. The van der Waals surface area contributed by atoms with E-state index in [1.165, 1.54) is 0 Å². The summed E-state index contributed by atoms with van der Waals surface area (Å²) < 4.78 is 5.63. The molecule has 2 aliphatic heterocycles. The fourth-order valence-corrected chi connectivity index (χ4v) is 3.92. The largest absolute Gasteiger partial charge is 0.494 e. The molecule has 0 aromatic heterocycles. The first-order chi connectivity index (χ1) is 13.1. The summed E-state index contributed by atoms with van der Waals surface area (Å²) in [6, 6.07) is 5.61. The fraction of sp³-hybridized carbons (Fsp3) is 0.619. The van der Waals surface area contributed by atoms with Crippen LogP contribution in [0.25, 0.3) is 0 Å². The van der Waals surface area contributed by atoms with Gasteiger partial charge >= 0.3 is 0 Å². The van der Waals surface area contributed by atoms with Gasteiger partial charge in [-0.3, -0.25) is 9.59 Å². The summed E-state index contributed by atoms with van der Waals surface area (Å²) in [7, 11) is 0. The minimum atomic E-state index is -0.0455. The summed E-state index contributed by atoms with van der Waals surface area (Å²) in [6.45, 7) is 7.53. The number of carbonyl (C=O) groups is 2. The second kappa shape index (κ2) is 9.22. The van der Waals surface area contributed by atoms with Crippen LogP contribution in [0, 0.1) is 12.8 Å². The predicted octanol–water partition coefficient (Wildman–Crippen LogP) is 2.11. The van der Waals surface area contributed by atoms with Crippen molar-refractivity contribution < 1.29 is 14.3 Å². The van der Waals surface area contributed by atoms with Crippen molar-refractivity contribution in [1.82, 2.24) is 15.5 Å². The Kier molecular flexibility index (Phi) is 6.72. The van der Waals surface area contributed by atoms with E-state index in [1.54, 1.807) is 0 Å². The van der Waals surface area contributed by atoms with Crippen LogP contribution in [0.5, 0.6) is 5.75 Å². The van der Waals surface area contributed by atoms with Gasteiger partial charge in [-0.15, -0.1) is 0 Å². The average molecular weight is 373 g/mol. The highest BCUT2D eigenvalue weighted by Gasteiger charge is 2.27. The van der Waals surface area contributed by atoms with E-state index in [1.807, 2.05) is 36.9 Å². The van der Waals surface area contributed by atoms with Crippen molar-refractivity contribution in [1.29, 1.82) is 0 Å². The van der Waals surface area contributed by atoms with Gasteiger partial charge in [0.25, 0.3) is 5.91 Å². The zero-order chi connectivity index (χ0) is 19.2. The third-order valence-corrected chi connectivity index (χ3v) is 5.48. The number of carbonyl (C=O) groups excluding carboxylic acids is 2. The number of hydrogen-bond donors (Lipinski definition) is 2. The van der Waals surface area contributed by atoms with Gasteiger partial charge in [-0.05, 0) is 69.7 Å². The lowest BCUT2D eigenvalue weighted by Gasteiger charge is -2.33. The Morgan fingerprint density at radius 2 is 2.15 bits per heavy atom. The lowest BCUT2D eigenvalue weighted by atomic mass is 9.97. The molecule has 2 aliphatic rings. The Morgan fingerprint density at radius 3 is 2.89 bits per heavy atom. The summed E-state index contributed by atoms with van der Waals surface area (Å²) in [4.78, 5) is 27.0. The Morgan fingerprint density at radius 1 is 1.30 bits per heavy atom. The molecule has 1 aromatic carbocycles. The Balaban J connectivity index is 1.56. The molecule has 6 heteroatoms. The second-order valence-corrected chi connectivity index (χ2v) is 7.57. The molecule has 2 unspecified atom stereocenters. The number of rotatable bonds is 6. The summed E-state index contributed by atoms with van der Waals surface area (Å²) in [5, 5.41) is 6.29. The fourth-order valence-electron chi connectivity index (χ4n) is 3.92. The molecule has 148 valence electrons. The number of piperidine rings is 1. The van der Waals surface area contributed by atoms with E-state index in [2.05, 4.69) is 10.6 Å². The molecule has 2 amide bonds. The minimum Gasteiger partial charge on any atom is -0.494 e. The first-order valence-corrected chi connectivity index (χ1v) is 10.1. The lowest BCUT2D eigenvalue weighted by Crippen LogP contribution is -2.46. The molecule has 3 rings (SSSR count). The van der Waals surface area contributed by atoms with Gasteiger partial charge in [0.15, 0.2) is 0 Å². The highest BCUT2D eigenvalue weighted by molar-refractivity contribution is 5.94. The quantitative estimate of drug-likeness (QED) is 0.801. The Bertz CT molecular complexity index is 671. The number of aryl methyl sites for hydroxylation is 1. The zero-order valence-corrected chi connectivity index (χ0v) is 16.4. The van der Waals surface area contributed by atoms with E-state index in [0.717, 1.165) is 50.1 Å². The number of nitrogens with zero attached hydrogens (tertiary/aromatic N) is 1. The van der Waals surface area contributed by atoms with Crippen LogP contribution in [0.4, 0.5) is 0 Å². The van der Waals surface area contributed by atoms with Crippen LogP contribution in [0.2, 0.25) is 0 Å². The molecule has 0 bridgehead atoms.